The van der Waals surface area contributed by atoms with Gasteiger partial charge in [0.05, 0.1) is 0 Å². The molecule has 1 atom stereocenters. The molecule has 1 aromatic rings. The summed E-state index contributed by atoms with van der Waals surface area (Å²) in [7, 11) is 0. The maximum atomic E-state index is 9.05. The van der Waals surface area contributed by atoms with Crippen LogP contribution in [0.2, 0.25) is 0 Å². The van der Waals surface area contributed by atoms with Crippen molar-refractivity contribution in [2.45, 2.75) is 6.10 Å². The molecule has 0 aliphatic carbocycles. The van der Waals surface area contributed by atoms with Gasteiger partial charge in [-0.1, -0.05) is 12.2 Å². The first-order chi connectivity index (χ1) is 4.72. The first kappa shape index (κ1) is 11.2. The van der Waals surface area contributed by atoms with E-state index in [1.165, 1.54) is 0 Å². The maximum Gasteiger partial charge on any atom is 0 e. The molecule has 1 rings (SSSR count). The topological polar surface area (TPSA) is 20.2 Å². The zero-order valence-corrected chi connectivity index (χ0v) is 9.16. The quantitative estimate of drug-likeness (QED) is 0.719. The zero-order chi connectivity index (χ0) is 7.56. The van der Waals surface area contributed by atoms with Gasteiger partial charge in [-0.05, 0) is 0 Å². The summed E-state index contributed by atoms with van der Waals surface area (Å²) in [5, 5.41) is 9.05. The van der Waals surface area contributed by atoms with Gasteiger partial charge in [-0.15, -0.1) is 12.1 Å². The fourth-order valence-corrected chi connectivity index (χ4v) is 0.859. The van der Waals surface area contributed by atoms with Crippen molar-refractivity contribution in [2.24, 2.45) is 0 Å². The third-order valence-electron chi connectivity index (χ3n) is 1.41. The SMILES string of the molecule is [CH2-]c1ccccc1C([CH2-])O.[Y]. The monoisotopic (exact) mass is 223 g/mol. The average molecular weight is 223 g/mol. The van der Waals surface area contributed by atoms with Crippen molar-refractivity contribution in [2.75, 3.05) is 0 Å². The van der Waals surface area contributed by atoms with Crippen LogP contribution in [-0.4, -0.2) is 5.11 Å². The van der Waals surface area contributed by atoms with Crippen molar-refractivity contribution in [1.29, 1.82) is 0 Å². The Balaban J connectivity index is 0.000001000. The van der Waals surface area contributed by atoms with Crippen LogP contribution in [0.5, 0.6) is 0 Å². The molecular formula is C9H10OY-2. The molecule has 1 aromatic carbocycles. The Labute approximate surface area is 92.7 Å². The van der Waals surface area contributed by atoms with Gasteiger partial charge in [-0.25, -0.2) is 0 Å². The molecule has 1 unspecified atom stereocenters. The fraction of sp³-hybridized carbons (Fsp3) is 0.111. The second-order valence-electron chi connectivity index (χ2n) is 2.21. The number of aliphatic hydroxyl groups excluding tert-OH is 1. The first-order valence-corrected chi connectivity index (χ1v) is 3.14. The number of aliphatic hydroxyl groups is 1. The summed E-state index contributed by atoms with van der Waals surface area (Å²) in [5.74, 6) is 0. The maximum absolute atomic E-state index is 9.05. The van der Waals surface area contributed by atoms with Gasteiger partial charge >= 0.3 is 0 Å². The number of hydrogen-bond acceptors (Lipinski definition) is 1. The van der Waals surface area contributed by atoms with Crippen LogP contribution in [0.15, 0.2) is 24.3 Å². The van der Waals surface area contributed by atoms with E-state index in [9.17, 15) is 0 Å². The molecule has 0 heterocycles. The van der Waals surface area contributed by atoms with Gasteiger partial charge in [0.25, 0.3) is 0 Å². The minimum absolute atomic E-state index is 0. The van der Waals surface area contributed by atoms with E-state index in [1.54, 1.807) is 0 Å². The third-order valence-corrected chi connectivity index (χ3v) is 1.41. The van der Waals surface area contributed by atoms with E-state index in [0.717, 1.165) is 11.1 Å². The molecule has 1 N–H and O–H groups in total. The summed E-state index contributed by atoms with van der Waals surface area (Å²) in [6.45, 7) is 7.23. The Hall–Kier alpha value is 0.154. The second kappa shape index (κ2) is 4.92. The summed E-state index contributed by atoms with van der Waals surface area (Å²) in [4.78, 5) is 0. The Morgan fingerprint density at radius 3 is 2.18 bits per heavy atom. The van der Waals surface area contributed by atoms with Crippen molar-refractivity contribution < 1.29 is 37.8 Å². The largest absolute Gasteiger partial charge is 0.433 e. The minimum atomic E-state index is -0.659. The van der Waals surface area contributed by atoms with Gasteiger partial charge in [0.2, 0.25) is 0 Å². The molecule has 0 amide bonds. The second-order valence-corrected chi connectivity index (χ2v) is 2.21. The van der Waals surface area contributed by atoms with Gasteiger partial charge < -0.3 is 12.0 Å². The molecule has 0 aliphatic rings. The molecule has 2 heteroatoms. The van der Waals surface area contributed by atoms with E-state index in [0.29, 0.717) is 0 Å². The van der Waals surface area contributed by atoms with Crippen LogP contribution in [0, 0.1) is 13.8 Å². The van der Waals surface area contributed by atoms with E-state index in [1.807, 2.05) is 24.3 Å². The molecule has 1 nitrogen and oxygen atoms in total. The van der Waals surface area contributed by atoms with E-state index in [2.05, 4.69) is 13.8 Å². The van der Waals surface area contributed by atoms with Crippen LogP contribution in [-0.2, 0) is 32.7 Å². The van der Waals surface area contributed by atoms with Gasteiger partial charge in [-0.2, -0.15) is 24.1 Å². The number of benzene rings is 1. The average Bonchev–Trinajstić information content (AvgIpc) is 1.88. The molecule has 1 radical (unpaired) electrons. The number of rotatable bonds is 1. The molecular weight excluding hydrogens is 213 g/mol. The smallest absolute Gasteiger partial charge is 0 e. The summed E-state index contributed by atoms with van der Waals surface area (Å²) < 4.78 is 0. The van der Waals surface area contributed by atoms with Gasteiger partial charge in [0.1, 0.15) is 0 Å². The Morgan fingerprint density at radius 2 is 1.82 bits per heavy atom. The molecule has 11 heavy (non-hydrogen) atoms. The van der Waals surface area contributed by atoms with Crippen LogP contribution in [0.4, 0.5) is 0 Å². The number of hydrogen-bond donors (Lipinski definition) is 1. The Bertz CT molecular complexity index is 221. The van der Waals surface area contributed by atoms with Crippen LogP contribution in [0.25, 0.3) is 0 Å². The first-order valence-electron chi connectivity index (χ1n) is 3.14. The standard InChI is InChI=1S/C9H10O.Y/c1-7-5-3-4-6-9(7)8(2)10;/h3-6,8,10H,1-2H2;/q-2;. The summed E-state index contributed by atoms with van der Waals surface area (Å²) in [6, 6.07) is 7.41. The van der Waals surface area contributed by atoms with Crippen LogP contribution in [0.3, 0.4) is 0 Å². The normalized spacial score (nSPS) is 11.8. The summed E-state index contributed by atoms with van der Waals surface area (Å²) >= 11 is 0. The van der Waals surface area contributed by atoms with E-state index in [-0.39, 0.29) is 32.7 Å². The van der Waals surface area contributed by atoms with Crippen LogP contribution >= 0.6 is 0 Å². The minimum Gasteiger partial charge on any atom is -0.433 e. The van der Waals surface area contributed by atoms with Gasteiger partial charge in [-0.3, -0.25) is 0 Å². The van der Waals surface area contributed by atoms with E-state index < -0.39 is 6.10 Å². The predicted molar refractivity (Wildman–Crippen MR) is 41.2 cm³/mol. The fourth-order valence-electron chi connectivity index (χ4n) is 0.859. The molecule has 0 spiro atoms. The third kappa shape index (κ3) is 2.94. The Kier molecular flexibility index (Phi) is 4.99. The molecule has 0 aliphatic heterocycles. The van der Waals surface area contributed by atoms with Crippen LogP contribution < -0.4 is 0 Å². The van der Waals surface area contributed by atoms with Crippen molar-refractivity contribution >= 4 is 0 Å². The Morgan fingerprint density at radius 1 is 1.27 bits per heavy atom. The molecule has 0 bridgehead atoms. The van der Waals surface area contributed by atoms with E-state index in [4.69, 9.17) is 5.11 Å². The van der Waals surface area contributed by atoms with Crippen LogP contribution in [0.1, 0.15) is 17.2 Å². The van der Waals surface area contributed by atoms with Crippen molar-refractivity contribution in [3.8, 4) is 0 Å². The van der Waals surface area contributed by atoms with Crippen molar-refractivity contribution in [3.05, 3.63) is 49.2 Å². The molecule has 0 aromatic heterocycles. The van der Waals surface area contributed by atoms with Crippen molar-refractivity contribution in [3.63, 3.8) is 0 Å². The van der Waals surface area contributed by atoms with Crippen molar-refractivity contribution in [1.82, 2.24) is 0 Å². The van der Waals surface area contributed by atoms with E-state index >= 15 is 0 Å². The predicted octanol–water partition coefficient (Wildman–Crippen LogP) is 1.73. The summed E-state index contributed by atoms with van der Waals surface area (Å²) in [5.41, 5.74) is 1.63. The molecule has 57 valence electrons. The molecule has 0 saturated carbocycles. The van der Waals surface area contributed by atoms with Gasteiger partial charge in [0.15, 0.2) is 0 Å². The van der Waals surface area contributed by atoms with Gasteiger partial charge in [0, 0.05) is 32.7 Å². The molecule has 0 saturated heterocycles. The zero-order valence-electron chi connectivity index (χ0n) is 6.33. The summed E-state index contributed by atoms with van der Waals surface area (Å²) in [6.07, 6.45) is -0.659. The molecule has 0 fully saturated rings.